The van der Waals surface area contributed by atoms with E-state index in [0.717, 1.165) is 48.5 Å². The van der Waals surface area contributed by atoms with Crippen molar-refractivity contribution in [2.45, 2.75) is 50.1 Å². The second-order valence-corrected chi connectivity index (χ2v) is 8.94. The minimum Gasteiger partial charge on any atom is -0.351 e. The first-order valence-electron chi connectivity index (χ1n) is 11.3. The molecule has 9 heteroatoms. The van der Waals surface area contributed by atoms with Crippen molar-refractivity contribution < 1.29 is 18.4 Å². The number of nitrogens with zero attached hydrogens (tertiary/aromatic N) is 3. The van der Waals surface area contributed by atoms with E-state index in [1.54, 1.807) is 12.3 Å². The fraction of sp³-hybridized carbons (Fsp3) is 0.458. The van der Waals surface area contributed by atoms with Crippen LogP contribution in [0.1, 0.15) is 43.9 Å². The van der Waals surface area contributed by atoms with Crippen LogP contribution in [-0.4, -0.2) is 58.6 Å². The summed E-state index contributed by atoms with van der Waals surface area (Å²) in [5.41, 5.74) is 6.45. The van der Waals surface area contributed by atoms with Gasteiger partial charge < -0.3 is 16.0 Å². The highest BCUT2D eigenvalue weighted by molar-refractivity contribution is 5.94. The number of piperidine rings is 1. The third-order valence-corrected chi connectivity index (χ3v) is 7.13. The fourth-order valence-electron chi connectivity index (χ4n) is 5.15. The Hall–Kier alpha value is -3.07. The summed E-state index contributed by atoms with van der Waals surface area (Å²) in [7, 11) is 0. The van der Waals surface area contributed by atoms with Gasteiger partial charge in [-0.3, -0.25) is 4.98 Å². The summed E-state index contributed by atoms with van der Waals surface area (Å²) in [5.74, 6) is -1.71. The molecular formula is C24H29F2N5O2. The zero-order valence-electron chi connectivity index (χ0n) is 18.6. The molecule has 2 saturated heterocycles. The standard InChI is InChI=1S/C24H29F2N5O2/c1-16(5-7-18-15-29-23(33)31(18)22(27)32)30-12-9-24(10-13-30,21-4-2-3-11-28-21)17-6-8-19(25)20(26)14-17/h2-4,6,8,11,14,16,18H,5,7,9-10,12-13,15H2,1H3,(H2,27,32)(H,29,33). The van der Waals surface area contributed by atoms with E-state index in [4.69, 9.17) is 5.73 Å². The summed E-state index contributed by atoms with van der Waals surface area (Å²) >= 11 is 0. The zero-order chi connectivity index (χ0) is 23.6. The van der Waals surface area contributed by atoms with Crippen LogP contribution in [0, 0.1) is 11.6 Å². The van der Waals surface area contributed by atoms with Crippen molar-refractivity contribution in [2.75, 3.05) is 19.6 Å². The van der Waals surface area contributed by atoms with E-state index in [1.807, 2.05) is 18.2 Å². The lowest BCUT2D eigenvalue weighted by Gasteiger charge is -2.44. The summed E-state index contributed by atoms with van der Waals surface area (Å²) in [5, 5.41) is 2.67. The summed E-state index contributed by atoms with van der Waals surface area (Å²) in [6.07, 6.45) is 4.62. The second-order valence-electron chi connectivity index (χ2n) is 8.94. The number of rotatable bonds is 6. The molecule has 2 fully saturated rings. The largest absolute Gasteiger partial charge is 0.351 e. The number of amides is 4. The Balaban J connectivity index is 1.46. The summed E-state index contributed by atoms with van der Waals surface area (Å²) < 4.78 is 27.7. The first-order valence-corrected chi connectivity index (χ1v) is 11.3. The van der Waals surface area contributed by atoms with Gasteiger partial charge in [0.15, 0.2) is 11.6 Å². The number of primary amides is 1. The van der Waals surface area contributed by atoms with Gasteiger partial charge in [0.1, 0.15) is 0 Å². The number of pyridine rings is 1. The maximum atomic E-state index is 14.1. The predicted molar refractivity (Wildman–Crippen MR) is 119 cm³/mol. The number of likely N-dealkylation sites (tertiary alicyclic amines) is 1. The number of halogens is 2. The maximum Gasteiger partial charge on any atom is 0.325 e. The number of hydrogen-bond acceptors (Lipinski definition) is 4. The molecule has 7 nitrogen and oxygen atoms in total. The van der Waals surface area contributed by atoms with Gasteiger partial charge in [-0.05, 0) is 75.5 Å². The molecule has 2 unspecified atom stereocenters. The highest BCUT2D eigenvalue weighted by Gasteiger charge is 2.41. The number of aromatic nitrogens is 1. The van der Waals surface area contributed by atoms with Crippen LogP contribution >= 0.6 is 0 Å². The molecule has 2 aliphatic heterocycles. The lowest BCUT2D eigenvalue weighted by molar-refractivity contribution is 0.124. The second kappa shape index (κ2) is 9.43. The Labute approximate surface area is 192 Å². The molecule has 3 heterocycles. The molecule has 1 aromatic heterocycles. The van der Waals surface area contributed by atoms with Crippen molar-refractivity contribution in [1.82, 2.24) is 20.1 Å². The van der Waals surface area contributed by atoms with Crippen LogP contribution in [0.5, 0.6) is 0 Å². The van der Waals surface area contributed by atoms with Gasteiger partial charge in [0, 0.05) is 24.2 Å². The first kappa shape index (κ1) is 23.1. The molecule has 0 aliphatic carbocycles. The molecule has 2 aliphatic rings. The number of carbonyl (C=O) groups excluding carboxylic acids is 2. The maximum absolute atomic E-state index is 14.1. The lowest BCUT2D eigenvalue weighted by atomic mass is 9.70. The van der Waals surface area contributed by atoms with Gasteiger partial charge in [0.25, 0.3) is 0 Å². The summed E-state index contributed by atoms with van der Waals surface area (Å²) in [6, 6.07) is 8.67. The van der Waals surface area contributed by atoms with Gasteiger partial charge >= 0.3 is 12.1 Å². The van der Waals surface area contributed by atoms with Gasteiger partial charge in [0.2, 0.25) is 0 Å². The molecule has 0 spiro atoms. The summed E-state index contributed by atoms with van der Waals surface area (Å²) in [6.45, 7) is 4.06. The molecule has 4 amide bonds. The van der Waals surface area contributed by atoms with Crippen LogP contribution in [-0.2, 0) is 5.41 Å². The van der Waals surface area contributed by atoms with Crippen LogP contribution < -0.4 is 11.1 Å². The summed E-state index contributed by atoms with van der Waals surface area (Å²) in [4.78, 5) is 31.4. The number of hydrogen-bond donors (Lipinski definition) is 2. The molecular weight excluding hydrogens is 428 g/mol. The Kier molecular flexibility index (Phi) is 6.60. The van der Waals surface area contributed by atoms with E-state index < -0.39 is 29.1 Å². The molecule has 3 N–H and O–H groups in total. The molecule has 0 radical (unpaired) electrons. The van der Waals surface area contributed by atoms with Crippen molar-refractivity contribution in [2.24, 2.45) is 5.73 Å². The van der Waals surface area contributed by atoms with E-state index >= 15 is 0 Å². The topological polar surface area (TPSA) is 91.6 Å². The van der Waals surface area contributed by atoms with Crippen molar-refractivity contribution in [3.63, 3.8) is 0 Å². The van der Waals surface area contributed by atoms with Gasteiger partial charge in [-0.2, -0.15) is 0 Å². The number of urea groups is 2. The smallest absolute Gasteiger partial charge is 0.325 e. The Morgan fingerprint density at radius 1 is 1.24 bits per heavy atom. The highest BCUT2D eigenvalue weighted by Crippen LogP contribution is 2.41. The Morgan fingerprint density at radius 3 is 2.64 bits per heavy atom. The molecule has 0 bridgehead atoms. The molecule has 33 heavy (non-hydrogen) atoms. The van der Waals surface area contributed by atoms with Crippen molar-refractivity contribution in [3.8, 4) is 0 Å². The van der Waals surface area contributed by atoms with E-state index in [0.29, 0.717) is 13.0 Å². The fourth-order valence-corrected chi connectivity index (χ4v) is 5.15. The number of benzene rings is 1. The monoisotopic (exact) mass is 457 g/mol. The van der Waals surface area contributed by atoms with Crippen LogP contribution in [0.2, 0.25) is 0 Å². The molecule has 0 saturated carbocycles. The van der Waals surface area contributed by atoms with Crippen LogP contribution in [0.4, 0.5) is 18.4 Å². The van der Waals surface area contributed by atoms with Crippen molar-refractivity contribution >= 4 is 12.1 Å². The predicted octanol–water partition coefficient (Wildman–Crippen LogP) is 3.38. The van der Waals surface area contributed by atoms with Gasteiger partial charge in [0.05, 0.1) is 11.7 Å². The molecule has 4 rings (SSSR count). The zero-order valence-corrected chi connectivity index (χ0v) is 18.6. The SMILES string of the molecule is CC(CCC1CNC(=O)N1C(N)=O)N1CCC(c2ccc(F)c(F)c2)(c2ccccn2)CC1. The first-order chi connectivity index (χ1) is 15.8. The third kappa shape index (κ3) is 4.55. The van der Waals surface area contributed by atoms with Gasteiger partial charge in [-0.15, -0.1) is 0 Å². The van der Waals surface area contributed by atoms with E-state index in [9.17, 15) is 18.4 Å². The average molecular weight is 458 g/mol. The van der Waals surface area contributed by atoms with E-state index in [1.165, 1.54) is 12.1 Å². The molecule has 2 aromatic rings. The number of carbonyl (C=O) groups is 2. The average Bonchev–Trinajstić information content (AvgIpc) is 3.20. The molecule has 176 valence electrons. The third-order valence-electron chi connectivity index (χ3n) is 7.13. The quantitative estimate of drug-likeness (QED) is 0.696. The van der Waals surface area contributed by atoms with Crippen LogP contribution in [0.3, 0.4) is 0 Å². The van der Waals surface area contributed by atoms with E-state index in [2.05, 4.69) is 22.1 Å². The minimum absolute atomic E-state index is 0.224. The highest BCUT2D eigenvalue weighted by atomic mass is 19.2. The van der Waals surface area contributed by atoms with Crippen LogP contribution in [0.15, 0.2) is 42.6 Å². The molecule has 1 aromatic carbocycles. The van der Waals surface area contributed by atoms with Crippen LogP contribution in [0.25, 0.3) is 0 Å². The van der Waals surface area contributed by atoms with Gasteiger partial charge in [-0.1, -0.05) is 12.1 Å². The lowest BCUT2D eigenvalue weighted by Crippen LogP contribution is -2.48. The number of nitrogens with one attached hydrogen (secondary N) is 1. The normalized spacial score (nSPS) is 21.6. The van der Waals surface area contributed by atoms with Crippen molar-refractivity contribution in [3.05, 3.63) is 65.5 Å². The van der Waals surface area contributed by atoms with Gasteiger partial charge in [-0.25, -0.2) is 23.3 Å². The number of imide groups is 1. The van der Waals surface area contributed by atoms with E-state index in [-0.39, 0.29) is 12.1 Å². The molecule has 2 atom stereocenters. The Morgan fingerprint density at radius 2 is 2.00 bits per heavy atom. The van der Waals surface area contributed by atoms with Crippen molar-refractivity contribution in [1.29, 1.82) is 0 Å². The Bertz CT molecular complexity index is 1010. The number of nitrogens with two attached hydrogens (primary N) is 1. The minimum atomic E-state index is -0.856.